The number of carboxylic acid groups (broad SMARTS) is 1. The molecule has 1 amide bonds. The molecule has 0 aromatic carbocycles. The van der Waals surface area contributed by atoms with E-state index in [0.29, 0.717) is 38.5 Å². The average molecular weight is 256 g/mol. The highest BCUT2D eigenvalue weighted by atomic mass is 16.4. The lowest BCUT2D eigenvalue weighted by Gasteiger charge is -2.38. The van der Waals surface area contributed by atoms with E-state index in [2.05, 4.69) is 13.8 Å². The Kier molecular flexibility index (Phi) is 5.59. The van der Waals surface area contributed by atoms with Gasteiger partial charge in [0.05, 0.1) is 0 Å². The van der Waals surface area contributed by atoms with Crippen LogP contribution >= 0.6 is 0 Å². The monoisotopic (exact) mass is 256 g/mol. The van der Waals surface area contributed by atoms with Gasteiger partial charge in [-0.3, -0.25) is 14.5 Å². The first-order valence-corrected chi connectivity index (χ1v) is 6.70. The largest absolute Gasteiger partial charge is 0.480 e. The Morgan fingerprint density at radius 3 is 2.50 bits per heavy atom. The Labute approximate surface area is 109 Å². The molecule has 1 fully saturated rings. The van der Waals surface area contributed by atoms with Gasteiger partial charge in [-0.25, -0.2) is 0 Å². The minimum Gasteiger partial charge on any atom is -0.480 e. The number of carbonyl (C=O) groups excluding carboxylic acids is 1. The highest BCUT2D eigenvalue weighted by Gasteiger charge is 2.32. The van der Waals surface area contributed by atoms with Crippen LogP contribution < -0.4 is 0 Å². The van der Waals surface area contributed by atoms with Crippen LogP contribution in [0.25, 0.3) is 0 Å². The Morgan fingerprint density at radius 2 is 2.00 bits per heavy atom. The first-order chi connectivity index (χ1) is 8.45. The Hall–Kier alpha value is -1.10. The fourth-order valence-corrected chi connectivity index (χ4v) is 2.23. The lowest BCUT2D eigenvalue weighted by atomic mass is 10.1. The molecule has 0 aromatic heterocycles. The minimum atomic E-state index is -0.835. The normalized spacial score (nSPS) is 21.3. The van der Waals surface area contributed by atoms with Gasteiger partial charge in [-0.15, -0.1) is 0 Å². The van der Waals surface area contributed by atoms with Crippen molar-refractivity contribution in [3.05, 3.63) is 0 Å². The van der Waals surface area contributed by atoms with Crippen molar-refractivity contribution in [2.45, 2.75) is 39.7 Å². The van der Waals surface area contributed by atoms with Crippen LogP contribution in [0.1, 0.15) is 33.6 Å². The SMILES string of the molecule is CCN1CCN(C(=O)CCC(C)C)CC1C(=O)O. The van der Waals surface area contributed by atoms with Crippen molar-refractivity contribution >= 4 is 11.9 Å². The van der Waals surface area contributed by atoms with Crippen LogP contribution in [-0.2, 0) is 9.59 Å². The quantitative estimate of drug-likeness (QED) is 0.798. The fraction of sp³-hybridized carbons (Fsp3) is 0.846. The van der Waals surface area contributed by atoms with Crippen LogP contribution in [0, 0.1) is 5.92 Å². The lowest BCUT2D eigenvalue weighted by Crippen LogP contribution is -2.57. The Bertz CT molecular complexity index is 305. The molecule has 0 aliphatic carbocycles. The van der Waals surface area contributed by atoms with Gasteiger partial charge in [-0.2, -0.15) is 0 Å². The maximum atomic E-state index is 12.0. The van der Waals surface area contributed by atoms with Crippen molar-refractivity contribution in [2.75, 3.05) is 26.2 Å². The molecule has 0 saturated carbocycles. The van der Waals surface area contributed by atoms with Crippen LogP contribution in [0.15, 0.2) is 0 Å². The molecule has 18 heavy (non-hydrogen) atoms. The lowest BCUT2D eigenvalue weighted by molar-refractivity contribution is -0.148. The number of likely N-dealkylation sites (N-methyl/N-ethyl adjacent to an activating group) is 1. The van der Waals surface area contributed by atoms with E-state index in [0.717, 1.165) is 6.42 Å². The van der Waals surface area contributed by atoms with Crippen molar-refractivity contribution < 1.29 is 14.7 Å². The van der Waals surface area contributed by atoms with Gasteiger partial charge in [0.1, 0.15) is 6.04 Å². The van der Waals surface area contributed by atoms with Crippen molar-refractivity contribution in [3.63, 3.8) is 0 Å². The molecule has 1 aliphatic heterocycles. The molecule has 104 valence electrons. The first-order valence-electron chi connectivity index (χ1n) is 6.70. The average Bonchev–Trinajstić information content (AvgIpc) is 2.34. The Balaban J connectivity index is 2.54. The molecule has 1 aliphatic rings. The predicted octanol–water partition coefficient (Wildman–Crippen LogP) is 1.04. The number of carboxylic acids is 1. The molecule has 1 rings (SSSR count). The van der Waals surface area contributed by atoms with Gasteiger partial charge >= 0.3 is 5.97 Å². The molecule has 1 N–H and O–H groups in total. The number of hydrogen-bond donors (Lipinski definition) is 1. The third kappa shape index (κ3) is 3.98. The zero-order chi connectivity index (χ0) is 13.7. The summed E-state index contributed by atoms with van der Waals surface area (Å²) in [6.07, 6.45) is 1.39. The molecule has 0 bridgehead atoms. The topological polar surface area (TPSA) is 60.9 Å². The molecular formula is C13H24N2O3. The summed E-state index contributed by atoms with van der Waals surface area (Å²) in [5, 5.41) is 9.18. The van der Waals surface area contributed by atoms with Gasteiger partial charge in [0, 0.05) is 26.1 Å². The van der Waals surface area contributed by atoms with Gasteiger partial charge in [0.25, 0.3) is 0 Å². The predicted molar refractivity (Wildman–Crippen MR) is 69.3 cm³/mol. The van der Waals surface area contributed by atoms with Gasteiger partial charge in [0.15, 0.2) is 0 Å². The highest BCUT2D eigenvalue weighted by molar-refractivity contribution is 5.79. The maximum Gasteiger partial charge on any atom is 0.322 e. The summed E-state index contributed by atoms with van der Waals surface area (Å²) in [7, 11) is 0. The molecule has 1 atom stereocenters. The first kappa shape index (κ1) is 15.0. The zero-order valence-electron chi connectivity index (χ0n) is 11.6. The van der Waals surface area contributed by atoms with E-state index in [1.165, 1.54) is 0 Å². The zero-order valence-corrected chi connectivity index (χ0v) is 11.6. The van der Waals surface area contributed by atoms with Crippen LogP contribution in [0.3, 0.4) is 0 Å². The number of rotatable bonds is 5. The van der Waals surface area contributed by atoms with E-state index in [1.807, 2.05) is 11.8 Å². The number of aliphatic carboxylic acids is 1. The van der Waals surface area contributed by atoms with Crippen molar-refractivity contribution in [1.29, 1.82) is 0 Å². The molecule has 5 nitrogen and oxygen atoms in total. The third-order valence-electron chi connectivity index (χ3n) is 3.47. The van der Waals surface area contributed by atoms with Crippen LogP contribution in [0.4, 0.5) is 0 Å². The summed E-state index contributed by atoms with van der Waals surface area (Å²) in [5.41, 5.74) is 0. The molecule has 1 heterocycles. The summed E-state index contributed by atoms with van der Waals surface area (Å²) < 4.78 is 0. The van der Waals surface area contributed by atoms with Crippen LogP contribution in [0.5, 0.6) is 0 Å². The van der Waals surface area contributed by atoms with E-state index in [4.69, 9.17) is 0 Å². The van der Waals surface area contributed by atoms with Gasteiger partial charge < -0.3 is 10.0 Å². The number of amides is 1. The summed E-state index contributed by atoms with van der Waals surface area (Å²) in [6.45, 7) is 8.46. The van der Waals surface area contributed by atoms with Crippen molar-refractivity contribution in [1.82, 2.24) is 9.80 Å². The second-order valence-electron chi connectivity index (χ2n) is 5.25. The molecular weight excluding hydrogens is 232 g/mol. The van der Waals surface area contributed by atoms with Crippen molar-refractivity contribution in [2.24, 2.45) is 5.92 Å². The molecule has 1 saturated heterocycles. The van der Waals surface area contributed by atoms with E-state index < -0.39 is 12.0 Å². The number of hydrogen-bond acceptors (Lipinski definition) is 3. The van der Waals surface area contributed by atoms with Gasteiger partial charge in [-0.05, 0) is 18.9 Å². The summed E-state index contributed by atoms with van der Waals surface area (Å²) in [6, 6.07) is -0.549. The molecule has 5 heteroatoms. The third-order valence-corrected chi connectivity index (χ3v) is 3.47. The number of piperazine rings is 1. The summed E-state index contributed by atoms with van der Waals surface area (Å²) in [4.78, 5) is 26.8. The van der Waals surface area contributed by atoms with E-state index >= 15 is 0 Å². The highest BCUT2D eigenvalue weighted by Crippen LogP contribution is 2.13. The maximum absolute atomic E-state index is 12.0. The van der Waals surface area contributed by atoms with E-state index in [9.17, 15) is 14.7 Å². The second-order valence-corrected chi connectivity index (χ2v) is 5.25. The Morgan fingerprint density at radius 1 is 1.33 bits per heavy atom. The van der Waals surface area contributed by atoms with Gasteiger partial charge in [-0.1, -0.05) is 20.8 Å². The molecule has 0 spiro atoms. The summed E-state index contributed by atoms with van der Waals surface area (Å²) in [5.74, 6) is -0.245. The fourth-order valence-electron chi connectivity index (χ4n) is 2.23. The van der Waals surface area contributed by atoms with E-state index in [-0.39, 0.29) is 5.91 Å². The standard InChI is InChI=1S/C13H24N2O3/c1-4-14-7-8-15(9-11(14)13(17)18)12(16)6-5-10(2)3/h10-11H,4-9H2,1-3H3,(H,17,18). The van der Waals surface area contributed by atoms with E-state index in [1.54, 1.807) is 4.90 Å². The minimum absolute atomic E-state index is 0.0886. The molecule has 0 radical (unpaired) electrons. The van der Waals surface area contributed by atoms with Crippen molar-refractivity contribution in [3.8, 4) is 0 Å². The molecule has 1 unspecified atom stereocenters. The van der Waals surface area contributed by atoms with Crippen LogP contribution in [0.2, 0.25) is 0 Å². The van der Waals surface area contributed by atoms with Gasteiger partial charge in [0.2, 0.25) is 5.91 Å². The molecule has 0 aromatic rings. The summed E-state index contributed by atoms with van der Waals surface area (Å²) >= 11 is 0. The number of carbonyl (C=O) groups is 2. The smallest absolute Gasteiger partial charge is 0.322 e. The number of nitrogens with zero attached hydrogens (tertiary/aromatic N) is 2. The second kappa shape index (κ2) is 6.73. The van der Waals surface area contributed by atoms with Crippen LogP contribution in [-0.4, -0.2) is 59.0 Å².